The standard InChI is InChI=1S/C14H8Br2ClN/c15-14(16)12-6-5-9(7-13(12)17)11-4-2-1-3-10(11)8-18/h1-7,14H. The highest BCUT2D eigenvalue weighted by Gasteiger charge is 2.10. The van der Waals surface area contributed by atoms with Crippen LogP contribution in [0, 0.1) is 11.3 Å². The Morgan fingerprint density at radius 2 is 1.83 bits per heavy atom. The summed E-state index contributed by atoms with van der Waals surface area (Å²) in [6.07, 6.45) is 0. The van der Waals surface area contributed by atoms with Gasteiger partial charge in [-0.3, -0.25) is 0 Å². The average molecular weight is 385 g/mol. The zero-order chi connectivity index (χ0) is 13.1. The van der Waals surface area contributed by atoms with Gasteiger partial charge in [0.05, 0.1) is 15.4 Å². The van der Waals surface area contributed by atoms with Crippen molar-refractivity contribution in [1.82, 2.24) is 0 Å². The largest absolute Gasteiger partial charge is 0.192 e. The molecule has 4 heteroatoms. The Morgan fingerprint density at radius 3 is 2.44 bits per heavy atom. The Kier molecular flexibility index (Phi) is 4.45. The van der Waals surface area contributed by atoms with Gasteiger partial charge in [0.1, 0.15) is 0 Å². The molecule has 0 aliphatic rings. The lowest BCUT2D eigenvalue weighted by Crippen LogP contribution is -1.87. The predicted octanol–water partition coefficient (Wildman–Crippen LogP) is 5.67. The lowest BCUT2D eigenvalue weighted by Gasteiger charge is -2.09. The fourth-order valence-corrected chi connectivity index (χ4v) is 3.06. The van der Waals surface area contributed by atoms with Crippen LogP contribution in [0.3, 0.4) is 0 Å². The number of nitriles is 1. The Bertz CT molecular complexity index is 617. The normalized spacial score (nSPS) is 10.4. The molecule has 0 unspecified atom stereocenters. The number of benzene rings is 2. The van der Waals surface area contributed by atoms with Crippen LogP contribution >= 0.6 is 43.5 Å². The monoisotopic (exact) mass is 383 g/mol. The second-order valence-corrected chi connectivity index (χ2v) is 7.16. The summed E-state index contributed by atoms with van der Waals surface area (Å²) >= 11 is 13.1. The molecule has 0 aliphatic heterocycles. The molecule has 0 saturated heterocycles. The van der Waals surface area contributed by atoms with Gasteiger partial charge in [0.25, 0.3) is 0 Å². The van der Waals surface area contributed by atoms with Crippen molar-refractivity contribution in [2.45, 2.75) is 3.74 Å². The summed E-state index contributed by atoms with van der Waals surface area (Å²) in [6, 6.07) is 15.5. The van der Waals surface area contributed by atoms with Gasteiger partial charge in [-0.25, -0.2) is 0 Å². The third-order valence-electron chi connectivity index (χ3n) is 2.59. The summed E-state index contributed by atoms with van der Waals surface area (Å²) in [6.45, 7) is 0. The second-order valence-electron chi connectivity index (χ2n) is 3.69. The molecule has 0 spiro atoms. The topological polar surface area (TPSA) is 23.8 Å². The highest BCUT2D eigenvalue weighted by Crippen LogP contribution is 2.36. The molecule has 0 bridgehead atoms. The molecular formula is C14H8Br2ClN. The average Bonchev–Trinajstić information content (AvgIpc) is 2.38. The van der Waals surface area contributed by atoms with Crippen molar-refractivity contribution < 1.29 is 0 Å². The molecule has 0 saturated carbocycles. The maximum atomic E-state index is 9.09. The molecule has 0 radical (unpaired) electrons. The molecule has 0 aromatic heterocycles. The smallest absolute Gasteiger partial charge is 0.0998 e. The Hall–Kier alpha value is -0.820. The van der Waals surface area contributed by atoms with E-state index in [1.807, 2.05) is 36.4 Å². The van der Waals surface area contributed by atoms with Crippen LogP contribution in [-0.2, 0) is 0 Å². The third-order valence-corrected chi connectivity index (χ3v) is 3.91. The summed E-state index contributed by atoms with van der Waals surface area (Å²) in [5, 5.41) is 9.76. The number of hydrogen-bond donors (Lipinski definition) is 0. The minimum absolute atomic E-state index is 0.0257. The first-order valence-corrected chi connectivity index (χ1v) is 7.41. The molecule has 18 heavy (non-hydrogen) atoms. The number of halogens is 3. The van der Waals surface area contributed by atoms with Gasteiger partial charge < -0.3 is 0 Å². The summed E-state index contributed by atoms with van der Waals surface area (Å²) in [4.78, 5) is 0. The van der Waals surface area contributed by atoms with E-state index in [-0.39, 0.29) is 3.74 Å². The van der Waals surface area contributed by atoms with E-state index in [1.165, 1.54) is 0 Å². The van der Waals surface area contributed by atoms with E-state index < -0.39 is 0 Å². The fraction of sp³-hybridized carbons (Fsp3) is 0.0714. The summed E-state index contributed by atoms with van der Waals surface area (Å²) in [5.74, 6) is 0. The van der Waals surface area contributed by atoms with Crippen LogP contribution in [0.4, 0.5) is 0 Å². The van der Waals surface area contributed by atoms with Crippen LogP contribution in [0.5, 0.6) is 0 Å². The van der Waals surface area contributed by atoms with E-state index >= 15 is 0 Å². The van der Waals surface area contributed by atoms with Crippen LogP contribution in [0.2, 0.25) is 5.02 Å². The van der Waals surface area contributed by atoms with E-state index in [2.05, 4.69) is 37.9 Å². The van der Waals surface area contributed by atoms with Crippen molar-refractivity contribution in [3.63, 3.8) is 0 Å². The first-order valence-electron chi connectivity index (χ1n) is 5.20. The Labute approximate surface area is 128 Å². The maximum absolute atomic E-state index is 9.09. The van der Waals surface area contributed by atoms with E-state index in [1.54, 1.807) is 6.07 Å². The number of alkyl halides is 2. The van der Waals surface area contributed by atoms with Gasteiger partial charge in [0.15, 0.2) is 0 Å². The Balaban J connectivity index is 2.53. The predicted molar refractivity (Wildman–Crippen MR) is 82.2 cm³/mol. The SMILES string of the molecule is N#Cc1ccccc1-c1ccc(C(Br)Br)c(Cl)c1. The highest BCUT2D eigenvalue weighted by molar-refractivity contribution is 9.24. The Morgan fingerprint density at radius 1 is 1.11 bits per heavy atom. The fourth-order valence-electron chi connectivity index (χ4n) is 1.70. The van der Waals surface area contributed by atoms with Crippen molar-refractivity contribution in [2.24, 2.45) is 0 Å². The van der Waals surface area contributed by atoms with E-state index in [0.717, 1.165) is 16.7 Å². The maximum Gasteiger partial charge on any atom is 0.0998 e. The number of nitrogens with zero attached hydrogens (tertiary/aromatic N) is 1. The molecule has 0 amide bonds. The molecule has 0 aliphatic carbocycles. The minimum atomic E-state index is 0.0257. The summed E-state index contributed by atoms with van der Waals surface area (Å²) < 4.78 is 0.0257. The summed E-state index contributed by atoms with van der Waals surface area (Å²) in [5.41, 5.74) is 3.46. The lowest BCUT2D eigenvalue weighted by molar-refractivity contribution is 1.41. The van der Waals surface area contributed by atoms with E-state index in [0.29, 0.717) is 10.6 Å². The molecule has 90 valence electrons. The van der Waals surface area contributed by atoms with E-state index in [9.17, 15) is 0 Å². The van der Waals surface area contributed by atoms with Gasteiger partial charge in [0, 0.05) is 5.02 Å². The van der Waals surface area contributed by atoms with Crippen LogP contribution in [0.25, 0.3) is 11.1 Å². The quantitative estimate of drug-likeness (QED) is 0.611. The first kappa shape index (κ1) is 13.6. The van der Waals surface area contributed by atoms with Crippen LogP contribution in [-0.4, -0.2) is 0 Å². The van der Waals surface area contributed by atoms with Gasteiger partial charge in [-0.15, -0.1) is 0 Å². The second kappa shape index (κ2) is 5.88. The van der Waals surface area contributed by atoms with Crippen molar-refractivity contribution in [1.29, 1.82) is 5.26 Å². The number of rotatable bonds is 2. The van der Waals surface area contributed by atoms with Gasteiger partial charge >= 0.3 is 0 Å². The molecule has 0 heterocycles. The molecule has 0 fully saturated rings. The summed E-state index contributed by atoms with van der Waals surface area (Å²) in [7, 11) is 0. The molecule has 1 nitrogen and oxygen atoms in total. The lowest BCUT2D eigenvalue weighted by atomic mass is 9.99. The number of hydrogen-bond acceptors (Lipinski definition) is 1. The molecule has 0 atom stereocenters. The minimum Gasteiger partial charge on any atom is -0.192 e. The zero-order valence-electron chi connectivity index (χ0n) is 9.20. The molecule has 2 rings (SSSR count). The van der Waals surface area contributed by atoms with Crippen LogP contribution < -0.4 is 0 Å². The van der Waals surface area contributed by atoms with Crippen molar-refractivity contribution in [2.75, 3.05) is 0 Å². The molecule has 2 aromatic rings. The third kappa shape index (κ3) is 2.77. The van der Waals surface area contributed by atoms with Crippen molar-refractivity contribution >= 4 is 43.5 Å². The van der Waals surface area contributed by atoms with Gasteiger partial charge in [-0.05, 0) is 28.8 Å². The molecule has 2 aromatic carbocycles. The van der Waals surface area contributed by atoms with Crippen LogP contribution in [0.1, 0.15) is 14.9 Å². The zero-order valence-corrected chi connectivity index (χ0v) is 13.1. The molecule has 0 N–H and O–H groups in total. The van der Waals surface area contributed by atoms with Gasteiger partial charge in [-0.1, -0.05) is 73.8 Å². The first-order chi connectivity index (χ1) is 8.63. The highest BCUT2D eigenvalue weighted by atomic mass is 79.9. The van der Waals surface area contributed by atoms with Crippen LogP contribution in [0.15, 0.2) is 42.5 Å². The van der Waals surface area contributed by atoms with Gasteiger partial charge in [-0.2, -0.15) is 5.26 Å². The van der Waals surface area contributed by atoms with Crippen molar-refractivity contribution in [3.05, 3.63) is 58.6 Å². The van der Waals surface area contributed by atoms with Gasteiger partial charge in [0.2, 0.25) is 0 Å². The van der Waals surface area contributed by atoms with Crippen molar-refractivity contribution in [3.8, 4) is 17.2 Å². The van der Waals surface area contributed by atoms with E-state index in [4.69, 9.17) is 16.9 Å². The molecular weight excluding hydrogens is 377 g/mol.